The number of methoxy groups -OCH3 is 2. The number of rotatable bonds is 8. The van der Waals surface area contributed by atoms with Gasteiger partial charge in [-0.25, -0.2) is 14.8 Å². The first kappa shape index (κ1) is 30.5. The van der Waals surface area contributed by atoms with Gasteiger partial charge in [0.05, 0.1) is 29.8 Å². The van der Waals surface area contributed by atoms with E-state index < -0.39 is 11.7 Å². The number of hydrogen-bond donors (Lipinski definition) is 1. The lowest BCUT2D eigenvalue weighted by Crippen LogP contribution is -2.27. The molecule has 4 aromatic rings. The van der Waals surface area contributed by atoms with Crippen molar-refractivity contribution < 1.29 is 19.0 Å². The molecule has 12 heteroatoms. The monoisotopic (exact) mass is 616 g/mol. The number of thioether (sulfide) groups is 1. The number of fused-ring (bicyclic) bond motifs is 1. The van der Waals surface area contributed by atoms with Gasteiger partial charge < -0.3 is 14.2 Å². The minimum atomic E-state index is -0.598. The molecule has 1 N–H and O–H groups in total. The van der Waals surface area contributed by atoms with Gasteiger partial charge in [0.25, 0.3) is 5.56 Å². The molecule has 1 amide bonds. The molecular weight excluding hydrogens is 587 g/mol. The number of ether oxygens (including phenoxy) is 3. The van der Waals surface area contributed by atoms with E-state index in [0.717, 1.165) is 5.56 Å². The first-order chi connectivity index (χ1) is 19.4. The van der Waals surface area contributed by atoms with Gasteiger partial charge in [-0.3, -0.25) is 14.7 Å². The fourth-order valence-corrected chi connectivity index (χ4v) is 5.21. The summed E-state index contributed by atoms with van der Waals surface area (Å²) in [4.78, 5) is 35.1. The zero-order valence-corrected chi connectivity index (χ0v) is 25.8. The van der Waals surface area contributed by atoms with E-state index in [9.17, 15) is 9.59 Å². The Hall–Kier alpha value is -3.47. The van der Waals surface area contributed by atoms with Crippen molar-refractivity contribution in [3.05, 3.63) is 68.6 Å². The number of anilines is 1. The molecule has 2 aromatic carbocycles. The number of nitrogens with zero attached hydrogens (tertiary/aromatic N) is 3. The van der Waals surface area contributed by atoms with Crippen LogP contribution in [0.1, 0.15) is 26.3 Å². The number of hydrogen-bond acceptors (Lipinski definition) is 8. The van der Waals surface area contributed by atoms with E-state index in [1.165, 1.54) is 26.0 Å². The highest BCUT2D eigenvalue weighted by molar-refractivity contribution is 7.98. The average Bonchev–Trinajstić information content (AvgIpc) is 2.92. The number of halogens is 2. The largest absolute Gasteiger partial charge is 0.495 e. The third kappa shape index (κ3) is 6.89. The number of carbonyl (C=O) groups excluding carboxylic acids is 1. The van der Waals surface area contributed by atoms with Gasteiger partial charge in [-0.1, -0.05) is 47.1 Å². The van der Waals surface area contributed by atoms with Crippen molar-refractivity contribution in [2.24, 2.45) is 0 Å². The van der Waals surface area contributed by atoms with Crippen LogP contribution >= 0.6 is 35.0 Å². The van der Waals surface area contributed by atoms with Crippen molar-refractivity contribution in [2.75, 3.05) is 25.8 Å². The van der Waals surface area contributed by atoms with Gasteiger partial charge in [0.2, 0.25) is 0 Å². The molecule has 2 heterocycles. The standard InChI is InChI=1S/C29H30Cl2N4O5S/c1-29(2,3)40-28(37)33-18-9-7-16(8-10-18)11-12-35-25-17(15-32-27(34-25)41-6)13-19(26(35)36)22-23(30)20(38-4)14-21(39-5)24(22)31/h7-10,13-15H,11-12H2,1-6H3,(H,33,37). The molecule has 0 radical (unpaired) electrons. The topological polar surface area (TPSA) is 105 Å². The van der Waals surface area contributed by atoms with E-state index in [2.05, 4.69) is 15.3 Å². The molecule has 0 spiro atoms. The Labute approximate surface area is 252 Å². The summed E-state index contributed by atoms with van der Waals surface area (Å²) < 4.78 is 17.7. The molecule has 2 aromatic heterocycles. The molecule has 0 saturated carbocycles. The summed E-state index contributed by atoms with van der Waals surface area (Å²) in [6, 6.07) is 10.6. The third-order valence-electron chi connectivity index (χ3n) is 6.05. The highest BCUT2D eigenvalue weighted by Crippen LogP contribution is 2.45. The smallest absolute Gasteiger partial charge is 0.412 e. The Kier molecular flexibility index (Phi) is 9.36. The highest BCUT2D eigenvalue weighted by atomic mass is 35.5. The SMILES string of the molecule is COc1cc(OC)c(Cl)c(-c2cc3cnc(SC)nc3n(CCc3ccc(NC(=O)OC(C)(C)C)cc3)c2=O)c1Cl. The lowest BCUT2D eigenvalue weighted by molar-refractivity contribution is 0.0636. The van der Waals surface area contributed by atoms with Gasteiger partial charge in [-0.15, -0.1) is 0 Å². The second kappa shape index (κ2) is 12.6. The molecule has 216 valence electrons. The molecular formula is C29H30Cl2N4O5S. The number of amides is 1. The molecule has 0 aliphatic heterocycles. The van der Waals surface area contributed by atoms with E-state index in [4.69, 9.17) is 37.4 Å². The van der Waals surface area contributed by atoms with Crippen molar-refractivity contribution in [3.63, 3.8) is 0 Å². The lowest BCUT2D eigenvalue weighted by atomic mass is 10.0. The zero-order valence-electron chi connectivity index (χ0n) is 23.5. The zero-order chi connectivity index (χ0) is 29.9. The van der Waals surface area contributed by atoms with Crippen molar-refractivity contribution in [3.8, 4) is 22.6 Å². The predicted molar refractivity (Wildman–Crippen MR) is 164 cm³/mol. The van der Waals surface area contributed by atoms with Crippen LogP contribution in [0, 0.1) is 0 Å². The van der Waals surface area contributed by atoms with Crippen LogP contribution in [0.2, 0.25) is 10.0 Å². The fourth-order valence-electron chi connectivity index (χ4n) is 4.17. The minimum Gasteiger partial charge on any atom is -0.495 e. The van der Waals surface area contributed by atoms with Crippen LogP contribution in [0.3, 0.4) is 0 Å². The maximum absolute atomic E-state index is 14.0. The molecule has 0 unspecified atom stereocenters. The van der Waals surface area contributed by atoms with Crippen LogP contribution in [-0.2, 0) is 17.7 Å². The van der Waals surface area contributed by atoms with E-state index in [1.807, 2.05) is 18.4 Å². The van der Waals surface area contributed by atoms with Crippen molar-refractivity contribution in [1.82, 2.24) is 14.5 Å². The van der Waals surface area contributed by atoms with Gasteiger partial charge >= 0.3 is 6.09 Å². The van der Waals surface area contributed by atoms with E-state index in [-0.39, 0.29) is 21.2 Å². The fraction of sp³-hybridized carbons (Fsp3) is 0.310. The Balaban J connectivity index is 1.74. The third-order valence-corrected chi connectivity index (χ3v) is 7.37. The Morgan fingerprint density at radius 3 is 2.24 bits per heavy atom. The quantitative estimate of drug-likeness (QED) is 0.165. The van der Waals surface area contributed by atoms with E-state index >= 15 is 0 Å². The molecule has 0 atom stereocenters. The molecule has 0 bridgehead atoms. The van der Waals surface area contributed by atoms with Crippen LogP contribution in [0.5, 0.6) is 11.5 Å². The van der Waals surface area contributed by atoms with Crippen LogP contribution in [0.4, 0.5) is 10.5 Å². The van der Waals surface area contributed by atoms with Gasteiger partial charge in [-0.2, -0.15) is 0 Å². The van der Waals surface area contributed by atoms with Crippen molar-refractivity contribution in [1.29, 1.82) is 0 Å². The predicted octanol–water partition coefficient (Wildman–Crippen LogP) is 7.09. The Bertz CT molecular complexity index is 1620. The molecule has 0 aliphatic rings. The van der Waals surface area contributed by atoms with Crippen LogP contribution < -0.4 is 20.3 Å². The number of benzene rings is 2. The summed E-state index contributed by atoms with van der Waals surface area (Å²) >= 11 is 14.7. The average molecular weight is 618 g/mol. The van der Waals surface area contributed by atoms with Gasteiger partial charge in [0, 0.05) is 35.4 Å². The molecule has 0 fully saturated rings. The van der Waals surface area contributed by atoms with E-state index in [1.54, 1.807) is 55.8 Å². The maximum atomic E-state index is 14.0. The summed E-state index contributed by atoms with van der Waals surface area (Å²) in [5, 5.41) is 4.28. The summed E-state index contributed by atoms with van der Waals surface area (Å²) in [6.45, 7) is 5.71. The second-order valence-electron chi connectivity index (χ2n) is 10.0. The number of aromatic nitrogens is 3. The number of nitrogens with one attached hydrogen (secondary N) is 1. The second-order valence-corrected chi connectivity index (χ2v) is 11.5. The maximum Gasteiger partial charge on any atom is 0.412 e. The first-order valence-electron chi connectivity index (χ1n) is 12.6. The summed E-state index contributed by atoms with van der Waals surface area (Å²) in [5.74, 6) is 0.644. The summed E-state index contributed by atoms with van der Waals surface area (Å²) in [6.07, 6.45) is 3.51. The molecule has 9 nitrogen and oxygen atoms in total. The minimum absolute atomic E-state index is 0.191. The van der Waals surface area contributed by atoms with Crippen molar-refractivity contribution in [2.45, 2.75) is 44.5 Å². The first-order valence-corrected chi connectivity index (χ1v) is 14.6. The molecule has 0 saturated heterocycles. The summed E-state index contributed by atoms with van der Waals surface area (Å²) in [5.41, 5.74) is 1.68. The van der Waals surface area contributed by atoms with Crippen LogP contribution in [0.15, 0.2) is 52.5 Å². The van der Waals surface area contributed by atoms with Gasteiger partial charge in [0.15, 0.2) is 5.16 Å². The number of pyridine rings is 1. The molecule has 4 rings (SSSR count). The Morgan fingerprint density at radius 1 is 1.05 bits per heavy atom. The van der Waals surface area contributed by atoms with Crippen LogP contribution in [0.25, 0.3) is 22.2 Å². The number of carbonyl (C=O) groups is 1. The number of aryl methyl sites for hydroxylation is 2. The highest BCUT2D eigenvalue weighted by Gasteiger charge is 2.23. The normalized spacial score (nSPS) is 11.4. The van der Waals surface area contributed by atoms with E-state index in [0.29, 0.717) is 51.9 Å². The van der Waals surface area contributed by atoms with Crippen LogP contribution in [-0.4, -0.2) is 46.7 Å². The molecule has 0 aliphatic carbocycles. The van der Waals surface area contributed by atoms with Gasteiger partial charge in [0.1, 0.15) is 22.7 Å². The lowest BCUT2D eigenvalue weighted by Gasteiger charge is -2.19. The Morgan fingerprint density at radius 2 is 1.68 bits per heavy atom. The molecule has 41 heavy (non-hydrogen) atoms. The summed E-state index contributed by atoms with van der Waals surface area (Å²) in [7, 11) is 2.95. The van der Waals surface area contributed by atoms with Gasteiger partial charge in [-0.05, 0) is 57.2 Å². The van der Waals surface area contributed by atoms with Crippen molar-refractivity contribution >= 4 is 57.8 Å².